The number of benzene rings is 1. The maximum Gasteiger partial charge on any atom is 0.322 e. The minimum atomic E-state index is -0.225. The molecule has 0 saturated heterocycles. The van der Waals surface area contributed by atoms with Crippen molar-refractivity contribution in [3.8, 4) is 0 Å². The third-order valence-corrected chi connectivity index (χ3v) is 4.29. The largest absolute Gasteiger partial charge is 0.468 e. The lowest BCUT2D eigenvalue weighted by molar-refractivity contribution is -0.143. The number of carbonyl (C=O) groups excluding carboxylic acids is 1. The lowest BCUT2D eigenvalue weighted by atomic mass is 10.0. The summed E-state index contributed by atoms with van der Waals surface area (Å²) in [5, 5.41) is 3.25. The number of rotatable bonds is 8. The SMILES string of the molecule is COC(=O)C(CCSc1ccc(C(C)C)cc1)NC(C)C. The zero-order valence-corrected chi connectivity index (χ0v) is 14.5. The van der Waals surface area contributed by atoms with Gasteiger partial charge in [0.25, 0.3) is 0 Å². The zero-order chi connectivity index (χ0) is 15.8. The van der Waals surface area contributed by atoms with Crippen LogP contribution in [0.15, 0.2) is 29.2 Å². The molecule has 4 heteroatoms. The molecule has 0 bridgehead atoms. The first-order valence-electron chi connectivity index (χ1n) is 7.50. The Morgan fingerprint density at radius 2 is 1.81 bits per heavy atom. The van der Waals surface area contributed by atoms with Gasteiger partial charge in [-0.25, -0.2) is 0 Å². The molecule has 0 saturated carbocycles. The van der Waals surface area contributed by atoms with Crippen molar-refractivity contribution in [1.82, 2.24) is 5.32 Å². The Morgan fingerprint density at radius 3 is 2.29 bits per heavy atom. The van der Waals surface area contributed by atoms with Gasteiger partial charge in [-0.05, 0) is 30.0 Å². The molecule has 1 N–H and O–H groups in total. The average molecular weight is 309 g/mol. The van der Waals surface area contributed by atoms with Crippen LogP contribution < -0.4 is 5.32 Å². The van der Waals surface area contributed by atoms with Crippen molar-refractivity contribution in [2.75, 3.05) is 12.9 Å². The fourth-order valence-electron chi connectivity index (χ4n) is 2.06. The van der Waals surface area contributed by atoms with Crippen molar-refractivity contribution in [2.45, 2.75) is 57.0 Å². The van der Waals surface area contributed by atoms with Crippen LogP contribution >= 0.6 is 11.8 Å². The van der Waals surface area contributed by atoms with E-state index in [2.05, 4.69) is 43.4 Å². The van der Waals surface area contributed by atoms with E-state index in [9.17, 15) is 4.79 Å². The number of esters is 1. The number of hydrogen-bond acceptors (Lipinski definition) is 4. The Hall–Kier alpha value is -1.00. The molecule has 0 aliphatic rings. The molecule has 1 atom stereocenters. The molecule has 118 valence electrons. The van der Waals surface area contributed by atoms with Crippen molar-refractivity contribution >= 4 is 17.7 Å². The lowest BCUT2D eigenvalue weighted by Crippen LogP contribution is -2.41. The monoisotopic (exact) mass is 309 g/mol. The summed E-state index contributed by atoms with van der Waals surface area (Å²) in [5.41, 5.74) is 1.35. The lowest BCUT2D eigenvalue weighted by Gasteiger charge is -2.18. The molecule has 0 fully saturated rings. The van der Waals surface area contributed by atoms with Gasteiger partial charge in [0.05, 0.1) is 7.11 Å². The molecule has 3 nitrogen and oxygen atoms in total. The number of hydrogen-bond donors (Lipinski definition) is 1. The van der Waals surface area contributed by atoms with E-state index in [1.54, 1.807) is 11.8 Å². The molecule has 1 aromatic rings. The summed E-state index contributed by atoms with van der Waals surface area (Å²) >= 11 is 1.78. The van der Waals surface area contributed by atoms with Crippen LogP contribution in [0.3, 0.4) is 0 Å². The number of thioether (sulfide) groups is 1. The summed E-state index contributed by atoms with van der Waals surface area (Å²) in [4.78, 5) is 13.0. The first kappa shape index (κ1) is 18.1. The number of ether oxygens (including phenoxy) is 1. The first-order valence-corrected chi connectivity index (χ1v) is 8.49. The van der Waals surface area contributed by atoms with Crippen LogP contribution in [-0.2, 0) is 9.53 Å². The molecule has 1 unspecified atom stereocenters. The number of nitrogens with one attached hydrogen (secondary N) is 1. The summed E-state index contributed by atoms with van der Waals surface area (Å²) < 4.78 is 4.85. The third-order valence-electron chi connectivity index (χ3n) is 3.24. The van der Waals surface area contributed by atoms with Crippen molar-refractivity contribution in [3.05, 3.63) is 29.8 Å². The standard InChI is InChI=1S/C17H27NO2S/c1-12(2)14-6-8-15(9-7-14)21-11-10-16(17(19)20-5)18-13(3)4/h6-9,12-13,16,18H,10-11H2,1-5H3. The topological polar surface area (TPSA) is 38.3 Å². The van der Waals surface area contributed by atoms with Crippen LogP contribution in [0.2, 0.25) is 0 Å². The van der Waals surface area contributed by atoms with E-state index in [1.807, 2.05) is 13.8 Å². The van der Waals surface area contributed by atoms with Gasteiger partial charge in [0.1, 0.15) is 6.04 Å². The summed E-state index contributed by atoms with van der Waals surface area (Å²) in [6.45, 7) is 8.46. The predicted octanol–water partition coefficient (Wildman–Crippen LogP) is 3.83. The maximum atomic E-state index is 11.7. The Balaban J connectivity index is 2.47. The van der Waals surface area contributed by atoms with E-state index < -0.39 is 0 Å². The summed E-state index contributed by atoms with van der Waals surface area (Å²) in [7, 11) is 1.44. The molecule has 0 aromatic heterocycles. The Morgan fingerprint density at radius 1 is 1.19 bits per heavy atom. The number of carbonyl (C=O) groups is 1. The molecule has 0 amide bonds. The van der Waals surface area contributed by atoms with E-state index in [0.29, 0.717) is 5.92 Å². The quantitative estimate of drug-likeness (QED) is 0.585. The molecule has 0 aliphatic heterocycles. The van der Waals surface area contributed by atoms with Crippen LogP contribution in [0.4, 0.5) is 0 Å². The van der Waals surface area contributed by atoms with Crippen molar-refractivity contribution in [1.29, 1.82) is 0 Å². The van der Waals surface area contributed by atoms with Crippen LogP contribution in [0, 0.1) is 0 Å². The molecule has 1 rings (SSSR count). The average Bonchev–Trinajstić information content (AvgIpc) is 2.45. The van der Waals surface area contributed by atoms with Gasteiger partial charge < -0.3 is 10.1 Å². The Labute approximate surface area is 132 Å². The Kier molecular flexibility index (Phi) is 7.83. The Bertz CT molecular complexity index is 429. The van der Waals surface area contributed by atoms with Gasteiger partial charge in [0.2, 0.25) is 0 Å². The van der Waals surface area contributed by atoms with Gasteiger partial charge >= 0.3 is 5.97 Å². The van der Waals surface area contributed by atoms with Gasteiger partial charge in [0.15, 0.2) is 0 Å². The van der Waals surface area contributed by atoms with Gasteiger partial charge in [-0.1, -0.05) is 39.8 Å². The van der Waals surface area contributed by atoms with Gasteiger partial charge in [0, 0.05) is 16.7 Å². The maximum absolute atomic E-state index is 11.7. The molecule has 21 heavy (non-hydrogen) atoms. The second kappa shape index (κ2) is 9.11. The fourth-order valence-corrected chi connectivity index (χ4v) is 2.98. The smallest absolute Gasteiger partial charge is 0.322 e. The van der Waals surface area contributed by atoms with E-state index in [-0.39, 0.29) is 18.1 Å². The molecule has 0 aliphatic carbocycles. The molecule has 0 radical (unpaired) electrons. The van der Waals surface area contributed by atoms with Crippen molar-refractivity contribution in [3.63, 3.8) is 0 Å². The third kappa shape index (κ3) is 6.53. The van der Waals surface area contributed by atoms with E-state index in [0.717, 1.165) is 12.2 Å². The summed E-state index contributed by atoms with van der Waals surface area (Å²) in [6.07, 6.45) is 0.765. The normalized spacial score (nSPS) is 12.7. The molecule has 0 spiro atoms. The van der Waals surface area contributed by atoms with Crippen LogP contribution in [0.25, 0.3) is 0 Å². The van der Waals surface area contributed by atoms with Gasteiger partial charge in [-0.2, -0.15) is 0 Å². The second-order valence-electron chi connectivity index (χ2n) is 5.76. The van der Waals surface area contributed by atoms with Crippen LogP contribution in [0.1, 0.15) is 45.6 Å². The summed E-state index contributed by atoms with van der Waals surface area (Å²) in [5.74, 6) is 1.27. The van der Waals surface area contributed by atoms with Crippen LogP contribution in [0.5, 0.6) is 0 Å². The van der Waals surface area contributed by atoms with E-state index in [4.69, 9.17) is 4.74 Å². The molecular weight excluding hydrogens is 282 g/mol. The molecule has 0 heterocycles. The second-order valence-corrected chi connectivity index (χ2v) is 6.93. The highest BCUT2D eigenvalue weighted by Crippen LogP contribution is 2.22. The molecule has 1 aromatic carbocycles. The van der Waals surface area contributed by atoms with Crippen LogP contribution in [-0.4, -0.2) is 30.9 Å². The molecular formula is C17H27NO2S. The minimum absolute atomic E-state index is 0.181. The summed E-state index contributed by atoms with van der Waals surface area (Å²) in [6, 6.07) is 8.71. The highest BCUT2D eigenvalue weighted by Gasteiger charge is 2.19. The van der Waals surface area contributed by atoms with E-state index >= 15 is 0 Å². The zero-order valence-electron chi connectivity index (χ0n) is 13.7. The predicted molar refractivity (Wildman–Crippen MR) is 89.9 cm³/mol. The number of methoxy groups -OCH3 is 1. The van der Waals surface area contributed by atoms with Gasteiger partial charge in [-0.3, -0.25) is 4.79 Å². The highest BCUT2D eigenvalue weighted by molar-refractivity contribution is 7.99. The van der Waals surface area contributed by atoms with Gasteiger partial charge in [-0.15, -0.1) is 11.8 Å². The first-order chi connectivity index (χ1) is 9.93. The van der Waals surface area contributed by atoms with E-state index in [1.165, 1.54) is 17.6 Å². The fraction of sp³-hybridized carbons (Fsp3) is 0.588. The highest BCUT2D eigenvalue weighted by atomic mass is 32.2. The van der Waals surface area contributed by atoms with Crippen molar-refractivity contribution in [2.24, 2.45) is 0 Å². The minimum Gasteiger partial charge on any atom is -0.468 e. The van der Waals surface area contributed by atoms with Crippen molar-refractivity contribution < 1.29 is 9.53 Å².